The van der Waals surface area contributed by atoms with Gasteiger partial charge in [0.15, 0.2) is 6.19 Å². The molecular weight excluding hydrogens is 222 g/mol. The Morgan fingerprint density at radius 3 is 2.81 bits per heavy atom. The summed E-state index contributed by atoms with van der Waals surface area (Å²) >= 11 is 4.90. The molecule has 2 rings (SSSR count). The maximum Gasteiger partial charge on any atom is 0.256 e. The lowest BCUT2D eigenvalue weighted by atomic mass is 10.1. The first-order valence-electron chi connectivity index (χ1n) is 4.54. The predicted molar refractivity (Wildman–Crippen MR) is 63.2 cm³/mol. The summed E-state index contributed by atoms with van der Waals surface area (Å²) in [7, 11) is 0. The molecule has 0 spiro atoms. The van der Waals surface area contributed by atoms with Crippen LogP contribution >= 0.6 is 12.2 Å². The molecule has 0 bridgehead atoms. The van der Waals surface area contributed by atoms with E-state index in [0.717, 1.165) is 5.56 Å². The lowest BCUT2D eigenvalue weighted by molar-refractivity contribution is 0.0981. The Bertz CT molecular complexity index is 542. The molecule has 0 saturated carbocycles. The molecule has 0 unspecified atom stereocenters. The van der Waals surface area contributed by atoms with Gasteiger partial charge in [-0.15, -0.1) is 0 Å². The second-order valence-corrected chi connectivity index (χ2v) is 3.60. The van der Waals surface area contributed by atoms with E-state index in [1.807, 2.05) is 12.1 Å². The summed E-state index contributed by atoms with van der Waals surface area (Å²) in [5.74, 6) is -0.151. The van der Waals surface area contributed by atoms with Crippen molar-refractivity contribution in [3.05, 3.63) is 41.5 Å². The number of benzene rings is 1. The summed E-state index contributed by atoms with van der Waals surface area (Å²) in [6.45, 7) is 0. The van der Waals surface area contributed by atoms with Crippen LogP contribution in [0.3, 0.4) is 0 Å². The molecular formula is C11H7N3OS. The maximum atomic E-state index is 11.5. The maximum absolute atomic E-state index is 11.5. The number of hydrogen-bond donors (Lipinski definition) is 2. The Labute approximate surface area is 97.6 Å². The normalized spacial score (nSPS) is 15.2. The van der Waals surface area contributed by atoms with Crippen LogP contribution in [0.25, 0.3) is 5.70 Å². The van der Waals surface area contributed by atoms with Crippen molar-refractivity contribution in [1.29, 1.82) is 5.26 Å². The van der Waals surface area contributed by atoms with E-state index in [2.05, 4.69) is 10.6 Å². The molecule has 0 saturated heterocycles. The van der Waals surface area contributed by atoms with Crippen molar-refractivity contribution in [3.63, 3.8) is 0 Å². The first-order valence-corrected chi connectivity index (χ1v) is 4.94. The van der Waals surface area contributed by atoms with Gasteiger partial charge in [0.25, 0.3) is 5.91 Å². The van der Waals surface area contributed by atoms with Crippen LogP contribution in [0.5, 0.6) is 0 Å². The van der Waals surface area contributed by atoms with Gasteiger partial charge in [0.1, 0.15) is 4.99 Å². The zero-order chi connectivity index (χ0) is 11.5. The number of carbonyl (C=O) groups is 1. The molecule has 5 heteroatoms. The van der Waals surface area contributed by atoms with Crippen LogP contribution in [0.2, 0.25) is 0 Å². The third-order valence-corrected chi connectivity index (χ3v) is 2.38. The van der Waals surface area contributed by atoms with Gasteiger partial charge in [0, 0.05) is 11.1 Å². The van der Waals surface area contributed by atoms with Crippen molar-refractivity contribution in [3.8, 4) is 6.19 Å². The molecule has 2 N–H and O–H groups in total. The Balaban J connectivity index is 2.38. The van der Waals surface area contributed by atoms with E-state index in [-0.39, 0.29) is 10.9 Å². The van der Waals surface area contributed by atoms with Gasteiger partial charge >= 0.3 is 0 Å². The van der Waals surface area contributed by atoms with Crippen LogP contribution in [0.15, 0.2) is 30.3 Å². The fraction of sp³-hybridized carbons (Fsp3) is 0. The minimum Gasteiger partial charge on any atom is -0.321 e. The van der Waals surface area contributed by atoms with Crippen LogP contribution in [0.1, 0.15) is 15.9 Å². The molecule has 0 radical (unpaired) electrons. The van der Waals surface area contributed by atoms with Crippen molar-refractivity contribution in [2.75, 3.05) is 0 Å². The van der Waals surface area contributed by atoms with Gasteiger partial charge in [-0.2, -0.15) is 5.26 Å². The van der Waals surface area contributed by atoms with Gasteiger partial charge in [0.2, 0.25) is 0 Å². The van der Waals surface area contributed by atoms with E-state index in [0.29, 0.717) is 11.3 Å². The molecule has 4 nitrogen and oxygen atoms in total. The number of fused-ring (bicyclic) bond motifs is 1. The van der Waals surface area contributed by atoms with Crippen LogP contribution < -0.4 is 10.6 Å². The summed E-state index contributed by atoms with van der Waals surface area (Å²) in [4.78, 5) is 11.8. The summed E-state index contributed by atoms with van der Waals surface area (Å²) in [6, 6.07) is 7.21. The van der Waals surface area contributed by atoms with Crippen LogP contribution in [0, 0.1) is 11.5 Å². The first kappa shape index (κ1) is 10.3. The molecule has 0 atom stereocenters. The van der Waals surface area contributed by atoms with Crippen molar-refractivity contribution < 1.29 is 4.79 Å². The Morgan fingerprint density at radius 2 is 2.12 bits per heavy atom. The van der Waals surface area contributed by atoms with Gasteiger partial charge < -0.3 is 5.32 Å². The van der Waals surface area contributed by atoms with Crippen LogP contribution in [-0.2, 0) is 0 Å². The second-order valence-electron chi connectivity index (χ2n) is 3.16. The van der Waals surface area contributed by atoms with Crippen molar-refractivity contribution >= 4 is 28.8 Å². The van der Waals surface area contributed by atoms with Gasteiger partial charge in [-0.25, -0.2) is 0 Å². The number of nitriles is 1. The average molecular weight is 229 g/mol. The van der Waals surface area contributed by atoms with E-state index in [1.54, 1.807) is 24.4 Å². The topological polar surface area (TPSA) is 64.9 Å². The van der Waals surface area contributed by atoms with Gasteiger partial charge in [-0.3, -0.25) is 10.1 Å². The molecule has 1 amide bonds. The highest BCUT2D eigenvalue weighted by atomic mass is 32.1. The lowest BCUT2D eigenvalue weighted by Gasteiger charge is -1.99. The van der Waals surface area contributed by atoms with Crippen molar-refractivity contribution in [2.45, 2.75) is 0 Å². The summed E-state index contributed by atoms with van der Waals surface area (Å²) < 4.78 is 0. The third kappa shape index (κ3) is 1.78. The van der Waals surface area contributed by atoms with Gasteiger partial charge in [-0.05, 0) is 12.1 Å². The minimum absolute atomic E-state index is 0.151. The van der Waals surface area contributed by atoms with E-state index < -0.39 is 0 Å². The van der Waals surface area contributed by atoms with Gasteiger partial charge in [-0.1, -0.05) is 30.4 Å². The second kappa shape index (κ2) is 4.13. The van der Waals surface area contributed by atoms with E-state index in [1.165, 1.54) is 0 Å². The largest absolute Gasteiger partial charge is 0.321 e. The van der Waals surface area contributed by atoms with E-state index >= 15 is 0 Å². The number of amides is 1. The monoisotopic (exact) mass is 229 g/mol. The lowest BCUT2D eigenvalue weighted by Crippen LogP contribution is -2.16. The van der Waals surface area contributed by atoms with E-state index in [4.69, 9.17) is 17.5 Å². The molecule has 1 aliphatic rings. The molecule has 1 aliphatic heterocycles. The van der Waals surface area contributed by atoms with Gasteiger partial charge in [0.05, 0.1) is 5.70 Å². The first-order chi connectivity index (χ1) is 7.72. The molecule has 1 aromatic carbocycles. The highest BCUT2D eigenvalue weighted by molar-refractivity contribution is 7.80. The average Bonchev–Trinajstić information content (AvgIpc) is 2.57. The summed E-state index contributed by atoms with van der Waals surface area (Å²) in [5.41, 5.74) is 2.04. The highest BCUT2D eigenvalue weighted by Crippen LogP contribution is 2.23. The molecule has 1 aromatic rings. The standard InChI is InChI=1S/C11H7N3OS/c12-6-13-10(16)5-9-7-3-1-2-4-8(7)11(15)14-9/h1-5H,(H,13,16)(H,14,15). The summed E-state index contributed by atoms with van der Waals surface area (Å²) in [6.07, 6.45) is 3.29. The number of hydrogen-bond acceptors (Lipinski definition) is 3. The highest BCUT2D eigenvalue weighted by Gasteiger charge is 2.22. The fourth-order valence-electron chi connectivity index (χ4n) is 1.51. The minimum atomic E-state index is -0.151. The molecule has 0 fully saturated rings. The van der Waals surface area contributed by atoms with Crippen LogP contribution in [0.4, 0.5) is 0 Å². The van der Waals surface area contributed by atoms with Crippen molar-refractivity contribution in [1.82, 2.24) is 10.6 Å². The molecule has 78 valence electrons. The zero-order valence-corrected chi connectivity index (χ0v) is 8.97. The summed E-state index contributed by atoms with van der Waals surface area (Å²) in [5, 5.41) is 13.4. The van der Waals surface area contributed by atoms with Crippen LogP contribution in [-0.4, -0.2) is 10.9 Å². The number of nitrogens with one attached hydrogen (secondary N) is 2. The number of carbonyl (C=O) groups excluding carboxylic acids is 1. The number of thiocarbonyl (C=S) groups is 1. The molecule has 1 heterocycles. The predicted octanol–water partition coefficient (Wildman–Crippen LogP) is 1.17. The quantitative estimate of drug-likeness (QED) is 0.328. The Hall–Kier alpha value is -2.19. The van der Waals surface area contributed by atoms with Crippen molar-refractivity contribution in [2.24, 2.45) is 0 Å². The Kier molecular flexibility index (Phi) is 2.66. The number of nitrogens with zero attached hydrogens (tertiary/aromatic N) is 1. The molecule has 16 heavy (non-hydrogen) atoms. The SMILES string of the molecule is N#CNC(=S)C=C1NC(=O)c2ccccc21. The number of rotatable bonds is 1. The molecule has 0 aliphatic carbocycles. The Morgan fingerprint density at radius 1 is 1.44 bits per heavy atom. The fourth-order valence-corrected chi connectivity index (χ4v) is 1.67. The van der Waals surface area contributed by atoms with E-state index in [9.17, 15) is 4.79 Å². The molecule has 0 aromatic heterocycles. The third-order valence-electron chi connectivity index (χ3n) is 2.16. The smallest absolute Gasteiger partial charge is 0.256 e. The zero-order valence-electron chi connectivity index (χ0n) is 8.15.